The van der Waals surface area contributed by atoms with Crippen LogP contribution in [0.1, 0.15) is 26.2 Å². The first-order valence-electron chi connectivity index (χ1n) is 7.83. The molecule has 3 fully saturated rings. The summed E-state index contributed by atoms with van der Waals surface area (Å²) in [4.78, 5) is 26.9. The van der Waals surface area contributed by atoms with Gasteiger partial charge < -0.3 is 5.32 Å². The smallest absolute Gasteiger partial charge is 0.233 e. The summed E-state index contributed by atoms with van der Waals surface area (Å²) in [5.74, 6) is 0.759. The molecule has 1 N–H and O–H groups in total. The van der Waals surface area contributed by atoms with E-state index < -0.39 is 0 Å². The van der Waals surface area contributed by atoms with Crippen LogP contribution in [0.2, 0.25) is 0 Å². The fraction of sp³-hybridized carbons (Fsp3) is 0.750. The Bertz CT molecular complexity index is 463. The maximum absolute atomic E-state index is 12.7. The largest absolute Gasteiger partial charge is 0.316 e. The number of likely N-dealkylation sites (tertiary alicyclic amines) is 1. The molecule has 4 aliphatic rings. The molecule has 1 saturated carbocycles. The minimum absolute atomic E-state index is 0.0438. The molecule has 0 radical (unpaired) electrons. The molecule has 20 heavy (non-hydrogen) atoms. The van der Waals surface area contributed by atoms with E-state index in [9.17, 15) is 9.59 Å². The molecule has 2 aliphatic carbocycles. The summed E-state index contributed by atoms with van der Waals surface area (Å²) < 4.78 is 0. The number of hydrogen-bond acceptors (Lipinski definition) is 3. The Morgan fingerprint density at radius 2 is 1.90 bits per heavy atom. The van der Waals surface area contributed by atoms with Crippen LogP contribution in [0, 0.1) is 29.1 Å². The van der Waals surface area contributed by atoms with Crippen LogP contribution >= 0.6 is 0 Å². The van der Waals surface area contributed by atoms with Gasteiger partial charge >= 0.3 is 0 Å². The Morgan fingerprint density at radius 1 is 1.25 bits per heavy atom. The van der Waals surface area contributed by atoms with E-state index >= 15 is 0 Å². The van der Waals surface area contributed by atoms with Crippen molar-refractivity contribution in [2.45, 2.75) is 26.2 Å². The highest BCUT2D eigenvalue weighted by molar-refractivity contribution is 6.06. The molecule has 2 saturated heterocycles. The van der Waals surface area contributed by atoms with Gasteiger partial charge in [0.15, 0.2) is 0 Å². The maximum Gasteiger partial charge on any atom is 0.233 e. The molecule has 0 aromatic rings. The zero-order chi connectivity index (χ0) is 13.9. The van der Waals surface area contributed by atoms with E-state index in [4.69, 9.17) is 0 Å². The first-order chi connectivity index (χ1) is 9.59. The molecule has 0 spiro atoms. The second-order valence-electron chi connectivity index (χ2n) is 7.35. The van der Waals surface area contributed by atoms with Gasteiger partial charge in [-0.1, -0.05) is 19.1 Å². The zero-order valence-electron chi connectivity index (χ0n) is 12.0. The van der Waals surface area contributed by atoms with Gasteiger partial charge in [-0.3, -0.25) is 14.5 Å². The predicted octanol–water partition coefficient (Wildman–Crippen LogP) is 1.18. The van der Waals surface area contributed by atoms with Gasteiger partial charge in [0, 0.05) is 13.1 Å². The van der Waals surface area contributed by atoms with E-state index in [0.29, 0.717) is 18.4 Å². The summed E-state index contributed by atoms with van der Waals surface area (Å²) >= 11 is 0. The number of carbonyl (C=O) groups excluding carboxylic acids is 2. The van der Waals surface area contributed by atoms with Crippen LogP contribution in [0.3, 0.4) is 0 Å². The van der Waals surface area contributed by atoms with Gasteiger partial charge in [-0.05, 0) is 43.1 Å². The van der Waals surface area contributed by atoms with Crippen LogP contribution in [0.4, 0.5) is 0 Å². The lowest BCUT2D eigenvalue weighted by Crippen LogP contribution is -2.48. The van der Waals surface area contributed by atoms with Gasteiger partial charge in [-0.2, -0.15) is 0 Å². The van der Waals surface area contributed by atoms with Crippen molar-refractivity contribution in [3.63, 3.8) is 0 Å². The zero-order valence-corrected chi connectivity index (χ0v) is 12.0. The van der Waals surface area contributed by atoms with E-state index in [1.165, 1.54) is 0 Å². The Kier molecular flexibility index (Phi) is 2.62. The molecule has 5 atom stereocenters. The lowest BCUT2D eigenvalue weighted by atomic mass is 9.82. The third kappa shape index (κ3) is 1.63. The van der Waals surface area contributed by atoms with Crippen LogP contribution in [-0.2, 0) is 9.59 Å². The normalized spacial score (nSPS) is 46.4. The van der Waals surface area contributed by atoms with E-state index in [0.717, 1.165) is 32.4 Å². The summed E-state index contributed by atoms with van der Waals surface area (Å²) in [7, 11) is 0. The molecule has 2 aliphatic heterocycles. The monoisotopic (exact) mass is 274 g/mol. The summed E-state index contributed by atoms with van der Waals surface area (Å²) in [5.41, 5.74) is 0.0503. The van der Waals surface area contributed by atoms with Gasteiger partial charge in [0.25, 0.3) is 0 Å². The van der Waals surface area contributed by atoms with Gasteiger partial charge in [0.1, 0.15) is 0 Å². The van der Waals surface area contributed by atoms with Gasteiger partial charge in [0.05, 0.1) is 11.8 Å². The molecular weight excluding hydrogens is 252 g/mol. The Labute approximate surface area is 119 Å². The number of fused-ring (bicyclic) bond motifs is 5. The van der Waals surface area contributed by atoms with Gasteiger partial charge in [-0.25, -0.2) is 0 Å². The quantitative estimate of drug-likeness (QED) is 0.608. The number of rotatable bonds is 2. The Morgan fingerprint density at radius 3 is 2.45 bits per heavy atom. The number of piperidine rings is 1. The van der Waals surface area contributed by atoms with Crippen LogP contribution in [0.5, 0.6) is 0 Å². The molecule has 5 unspecified atom stereocenters. The fourth-order valence-corrected chi connectivity index (χ4v) is 4.76. The number of hydrogen-bond donors (Lipinski definition) is 1. The Hall–Kier alpha value is -1.16. The highest BCUT2D eigenvalue weighted by Crippen LogP contribution is 2.52. The first kappa shape index (κ1) is 12.6. The number of carbonyl (C=O) groups is 2. The van der Waals surface area contributed by atoms with Crippen molar-refractivity contribution < 1.29 is 9.59 Å². The van der Waals surface area contributed by atoms with Crippen molar-refractivity contribution in [3.8, 4) is 0 Å². The average molecular weight is 274 g/mol. The van der Waals surface area contributed by atoms with Crippen molar-refractivity contribution in [2.24, 2.45) is 29.1 Å². The minimum Gasteiger partial charge on any atom is -0.316 e. The minimum atomic E-state index is -0.0438. The van der Waals surface area contributed by atoms with Crippen LogP contribution in [-0.4, -0.2) is 36.3 Å². The van der Waals surface area contributed by atoms with Crippen LogP contribution < -0.4 is 5.32 Å². The molecule has 0 aromatic carbocycles. The molecule has 4 heteroatoms. The molecule has 4 nitrogen and oxygen atoms in total. The SMILES string of the molecule is CC1(CN2C(=O)C3C4C=CC(C4)C3C2=O)CCCNC1. The predicted molar refractivity (Wildman–Crippen MR) is 74.6 cm³/mol. The number of amides is 2. The van der Waals surface area contributed by atoms with Crippen molar-refractivity contribution in [2.75, 3.05) is 19.6 Å². The third-order valence-corrected chi connectivity index (χ3v) is 5.79. The summed E-state index contributed by atoms with van der Waals surface area (Å²) in [6, 6.07) is 0. The van der Waals surface area contributed by atoms with Crippen molar-refractivity contribution in [3.05, 3.63) is 12.2 Å². The number of nitrogens with one attached hydrogen (secondary N) is 1. The molecule has 2 heterocycles. The van der Waals surface area contributed by atoms with Crippen LogP contribution in [0.15, 0.2) is 12.2 Å². The fourth-order valence-electron chi connectivity index (χ4n) is 4.76. The second kappa shape index (κ2) is 4.17. The lowest BCUT2D eigenvalue weighted by Gasteiger charge is -2.37. The van der Waals surface area contributed by atoms with E-state index in [-0.39, 0.29) is 29.1 Å². The highest BCUT2D eigenvalue weighted by Gasteiger charge is 2.59. The van der Waals surface area contributed by atoms with Crippen LogP contribution in [0.25, 0.3) is 0 Å². The average Bonchev–Trinajstić information content (AvgIpc) is 3.09. The topological polar surface area (TPSA) is 49.4 Å². The third-order valence-electron chi connectivity index (χ3n) is 5.79. The number of allylic oxidation sites excluding steroid dienone is 2. The molecule has 2 amide bonds. The van der Waals surface area contributed by atoms with Crippen molar-refractivity contribution in [1.82, 2.24) is 10.2 Å². The van der Waals surface area contributed by atoms with Crippen molar-refractivity contribution >= 4 is 11.8 Å². The van der Waals surface area contributed by atoms with Crippen molar-refractivity contribution in [1.29, 1.82) is 0 Å². The molecule has 4 rings (SSSR count). The van der Waals surface area contributed by atoms with E-state index in [1.54, 1.807) is 4.90 Å². The maximum atomic E-state index is 12.7. The lowest BCUT2D eigenvalue weighted by molar-refractivity contribution is -0.142. The number of nitrogens with zero attached hydrogens (tertiary/aromatic N) is 1. The Balaban J connectivity index is 1.55. The van der Waals surface area contributed by atoms with E-state index in [2.05, 4.69) is 24.4 Å². The highest BCUT2D eigenvalue weighted by atomic mass is 16.2. The van der Waals surface area contributed by atoms with Gasteiger partial charge in [-0.15, -0.1) is 0 Å². The summed E-state index contributed by atoms with van der Waals surface area (Å²) in [6.45, 7) is 4.76. The molecular formula is C16H22N2O2. The summed E-state index contributed by atoms with van der Waals surface area (Å²) in [5, 5.41) is 3.40. The molecule has 2 bridgehead atoms. The summed E-state index contributed by atoms with van der Waals surface area (Å²) in [6.07, 6.45) is 7.55. The molecule has 0 aromatic heterocycles. The van der Waals surface area contributed by atoms with Gasteiger partial charge in [0.2, 0.25) is 11.8 Å². The van der Waals surface area contributed by atoms with E-state index in [1.807, 2.05) is 0 Å². The standard InChI is InChI=1S/C16H22N2O2/c1-16(5-2-6-17-8-16)9-18-14(19)12-10-3-4-11(7-10)13(12)15(18)20/h3-4,10-13,17H,2,5-9H2,1H3. The number of imide groups is 1. The molecule has 108 valence electrons. The second-order valence-corrected chi connectivity index (χ2v) is 7.35. The first-order valence-corrected chi connectivity index (χ1v) is 7.83.